The summed E-state index contributed by atoms with van der Waals surface area (Å²) < 4.78 is 5.52. The first kappa shape index (κ1) is 11.3. The molecule has 1 aromatic carbocycles. The fourth-order valence-electron chi connectivity index (χ4n) is 1.59. The molecule has 6 heteroatoms. The van der Waals surface area contributed by atoms with Gasteiger partial charge in [0.25, 0.3) is 0 Å². The van der Waals surface area contributed by atoms with E-state index in [4.69, 9.17) is 33.4 Å². The maximum Gasteiger partial charge on any atom is 0.247 e. The summed E-state index contributed by atoms with van der Waals surface area (Å²) in [6.45, 7) is 0. The second-order valence-electron chi connectivity index (χ2n) is 3.74. The van der Waals surface area contributed by atoms with Gasteiger partial charge in [-0.25, -0.2) is 9.97 Å². The minimum atomic E-state index is 0.432. The first-order valence-electron chi connectivity index (χ1n) is 5.11. The molecule has 0 bridgehead atoms. The largest absolute Gasteiger partial charge is 0.418 e. The van der Waals surface area contributed by atoms with Crippen molar-refractivity contribution in [1.29, 1.82) is 0 Å². The molecule has 0 amide bonds. The Labute approximate surface area is 112 Å². The highest BCUT2D eigenvalue weighted by Gasteiger charge is 2.10. The lowest BCUT2D eigenvalue weighted by atomic mass is 10.2. The van der Waals surface area contributed by atoms with Crippen LogP contribution in [-0.4, -0.2) is 9.97 Å². The summed E-state index contributed by atoms with van der Waals surface area (Å²) in [7, 11) is 0. The SMILES string of the molecule is Nc1cnc2oc(-c3ccc(Cl)c(Cl)c3)nc2c1. The van der Waals surface area contributed by atoms with Crippen molar-refractivity contribution in [3.63, 3.8) is 0 Å². The van der Waals surface area contributed by atoms with Gasteiger partial charge in [0.05, 0.1) is 21.9 Å². The number of nitrogen functional groups attached to an aromatic ring is 1. The zero-order valence-corrected chi connectivity index (χ0v) is 10.5. The molecule has 18 heavy (non-hydrogen) atoms. The first-order valence-corrected chi connectivity index (χ1v) is 5.86. The van der Waals surface area contributed by atoms with Gasteiger partial charge >= 0.3 is 0 Å². The van der Waals surface area contributed by atoms with Crippen LogP contribution in [0.25, 0.3) is 22.7 Å². The predicted octanol–water partition coefficient (Wildman–Crippen LogP) is 3.78. The number of anilines is 1. The molecule has 0 saturated carbocycles. The van der Waals surface area contributed by atoms with Crippen molar-refractivity contribution in [3.8, 4) is 11.5 Å². The number of rotatable bonds is 1. The monoisotopic (exact) mass is 279 g/mol. The Morgan fingerprint density at radius 3 is 2.72 bits per heavy atom. The molecule has 3 aromatic rings. The molecule has 0 saturated heterocycles. The van der Waals surface area contributed by atoms with E-state index in [9.17, 15) is 0 Å². The zero-order chi connectivity index (χ0) is 12.7. The van der Waals surface area contributed by atoms with Crippen LogP contribution in [0.15, 0.2) is 34.9 Å². The predicted molar refractivity (Wildman–Crippen MR) is 71.7 cm³/mol. The molecular weight excluding hydrogens is 273 g/mol. The number of pyridine rings is 1. The number of halogens is 2. The average Bonchev–Trinajstić information content (AvgIpc) is 2.75. The van der Waals surface area contributed by atoms with Crippen LogP contribution in [0.3, 0.4) is 0 Å². The van der Waals surface area contributed by atoms with E-state index >= 15 is 0 Å². The molecule has 0 spiro atoms. The van der Waals surface area contributed by atoms with Gasteiger partial charge in [-0.1, -0.05) is 23.2 Å². The van der Waals surface area contributed by atoms with Crippen molar-refractivity contribution >= 4 is 40.1 Å². The van der Waals surface area contributed by atoms with Crippen LogP contribution >= 0.6 is 23.2 Å². The highest BCUT2D eigenvalue weighted by atomic mass is 35.5. The van der Waals surface area contributed by atoms with E-state index in [0.29, 0.717) is 32.9 Å². The number of hydrogen-bond donors (Lipinski definition) is 1. The van der Waals surface area contributed by atoms with Gasteiger partial charge in [0, 0.05) is 5.56 Å². The molecule has 0 radical (unpaired) electrons. The van der Waals surface area contributed by atoms with Crippen molar-refractivity contribution < 1.29 is 4.42 Å². The Morgan fingerprint density at radius 2 is 1.94 bits per heavy atom. The van der Waals surface area contributed by atoms with Gasteiger partial charge in [0.1, 0.15) is 5.52 Å². The molecule has 0 unspecified atom stereocenters. The molecule has 0 fully saturated rings. The van der Waals surface area contributed by atoms with Gasteiger partial charge < -0.3 is 10.2 Å². The lowest BCUT2D eigenvalue weighted by molar-refractivity contribution is 0.608. The summed E-state index contributed by atoms with van der Waals surface area (Å²) in [5.41, 5.74) is 7.95. The average molecular weight is 280 g/mol. The van der Waals surface area contributed by atoms with Gasteiger partial charge in [-0.05, 0) is 24.3 Å². The Hall–Kier alpha value is -1.78. The fourth-order valence-corrected chi connectivity index (χ4v) is 1.89. The highest BCUT2D eigenvalue weighted by molar-refractivity contribution is 6.42. The van der Waals surface area contributed by atoms with Crippen LogP contribution in [-0.2, 0) is 0 Å². The molecule has 2 heterocycles. The second kappa shape index (κ2) is 4.15. The smallest absolute Gasteiger partial charge is 0.247 e. The van der Waals surface area contributed by atoms with Gasteiger partial charge in [-0.3, -0.25) is 0 Å². The molecule has 2 aromatic heterocycles. The van der Waals surface area contributed by atoms with Crippen molar-refractivity contribution in [1.82, 2.24) is 9.97 Å². The number of fused-ring (bicyclic) bond motifs is 1. The third-order valence-corrected chi connectivity index (χ3v) is 3.17. The fraction of sp³-hybridized carbons (Fsp3) is 0. The maximum absolute atomic E-state index is 5.95. The summed E-state index contributed by atoms with van der Waals surface area (Å²) in [5, 5.41) is 0.933. The number of aromatic nitrogens is 2. The number of hydrogen-bond acceptors (Lipinski definition) is 4. The molecular formula is C12H7Cl2N3O. The van der Waals surface area contributed by atoms with Crippen LogP contribution in [0.2, 0.25) is 10.0 Å². The summed E-state index contributed by atoms with van der Waals surface area (Å²) in [5.74, 6) is 0.432. The third kappa shape index (κ3) is 1.89. The van der Waals surface area contributed by atoms with Crippen molar-refractivity contribution in [2.24, 2.45) is 0 Å². The Bertz CT molecular complexity index is 739. The van der Waals surface area contributed by atoms with Crippen LogP contribution in [0.4, 0.5) is 5.69 Å². The molecule has 4 nitrogen and oxygen atoms in total. The second-order valence-corrected chi connectivity index (χ2v) is 4.56. The molecule has 3 rings (SSSR count). The summed E-state index contributed by atoms with van der Waals surface area (Å²) in [4.78, 5) is 8.36. The van der Waals surface area contributed by atoms with Crippen LogP contribution in [0.5, 0.6) is 0 Å². The number of benzene rings is 1. The Morgan fingerprint density at radius 1 is 1.11 bits per heavy atom. The van der Waals surface area contributed by atoms with Gasteiger partial charge in [0.2, 0.25) is 11.6 Å². The van der Waals surface area contributed by atoms with E-state index in [-0.39, 0.29) is 0 Å². The van der Waals surface area contributed by atoms with Crippen LogP contribution < -0.4 is 5.73 Å². The first-order chi connectivity index (χ1) is 8.63. The number of oxazole rings is 1. The quantitative estimate of drug-likeness (QED) is 0.736. The molecule has 0 aliphatic carbocycles. The van der Waals surface area contributed by atoms with E-state index in [1.165, 1.54) is 6.20 Å². The highest BCUT2D eigenvalue weighted by Crippen LogP contribution is 2.29. The zero-order valence-electron chi connectivity index (χ0n) is 9.02. The molecule has 0 aliphatic heterocycles. The topological polar surface area (TPSA) is 64.9 Å². The lowest BCUT2D eigenvalue weighted by Crippen LogP contribution is -1.85. The van der Waals surface area contributed by atoms with Crippen molar-refractivity contribution in [2.75, 3.05) is 5.73 Å². The van der Waals surface area contributed by atoms with Gasteiger partial charge in [0.15, 0.2) is 0 Å². The van der Waals surface area contributed by atoms with E-state index in [1.807, 2.05) is 0 Å². The van der Waals surface area contributed by atoms with Gasteiger partial charge in [-0.2, -0.15) is 0 Å². The Kier molecular flexibility index (Phi) is 2.61. The number of nitrogens with two attached hydrogens (primary N) is 1. The molecule has 2 N–H and O–H groups in total. The normalized spacial score (nSPS) is 11.0. The number of nitrogens with zero attached hydrogens (tertiary/aromatic N) is 2. The molecule has 0 atom stereocenters. The van der Waals surface area contributed by atoms with E-state index in [0.717, 1.165) is 5.56 Å². The van der Waals surface area contributed by atoms with Crippen molar-refractivity contribution in [2.45, 2.75) is 0 Å². The van der Waals surface area contributed by atoms with E-state index in [2.05, 4.69) is 9.97 Å². The minimum Gasteiger partial charge on any atom is -0.418 e. The van der Waals surface area contributed by atoms with Crippen LogP contribution in [0.1, 0.15) is 0 Å². The summed E-state index contributed by atoms with van der Waals surface area (Å²) in [6.07, 6.45) is 1.52. The minimum absolute atomic E-state index is 0.432. The molecule has 90 valence electrons. The summed E-state index contributed by atoms with van der Waals surface area (Å²) in [6, 6.07) is 6.86. The molecule has 0 aliphatic rings. The Balaban J connectivity index is 2.16. The van der Waals surface area contributed by atoms with Crippen molar-refractivity contribution in [3.05, 3.63) is 40.5 Å². The van der Waals surface area contributed by atoms with E-state index in [1.54, 1.807) is 24.3 Å². The standard InChI is InChI=1S/C12H7Cl2N3O/c13-8-2-1-6(3-9(8)14)11-17-10-4-7(15)5-16-12(10)18-11/h1-5H,15H2. The summed E-state index contributed by atoms with van der Waals surface area (Å²) >= 11 is 11.8. The van der Waals surface area contributed by atoms with Crippen LogP contribution in [0, 0.1) is 0 Å². The lowest BCUT2D eigenvalue weighted by Gasteiger charge is -1.97. The third-order valence-electron chi connectivity index (χ3n) is 2.44. The van der Waals surface area contributed by atoms with E-state index < -0.39 is 0 Å². The van der Waals surface area contributed by atoms with Gasteiger partial charge in [-0.15, -0.1) is 0 Å². The maximum atomic E-state index is 5.95.